The lowest BCUT2D eigenvalue weighted by Crippen LogP contribution is -2.09. The molecule has 3 aromatic carbocycles. The van der Waals surface area contributed by atoms with E-state index in [1.165, 1.54) is 27.8 Å². The van der Waals surface area contributed by atoms with Crippen LogP contribution in [0.2, 0.25) is 5.02 Å². The second-order valence-corrected chi connectivity index (χ2v) is 8.81. The minimum absolute atomic E-state index is 0.377. The molecule has 0 bridgehead atoms. The highest BCUT2D eigenvalue weighted by molar-refractivity contribution is 7.99. The molecule has 0 amide bonds. The number of aliphatic carboxylic acids is 1. The van der Waals surface area contributed by atoms with E-state index in [2.05, 4.69) is 68.5 Å². The number of aryl methyl sites for hydroxylation is 2. The summed E-state index contributed by atoms with van der Waals surface area (Å²) >= 11 is 7.94. The molecule has 0 aromatic heterocycles. The second-order valence-electron chi connectivity index (χ2n) is 7.31. The molecule has 3 nitrogen and oxygen atoms in total. The van der Waals surface area contributed by atoms with E-state index in [4.69, 9.17) is 21.4 Å². The molecule has 3 rings (SSSR count). The summed E-state index contributed by atoms with van der Waals surface area (Å²) in [6, 6.07) is 22.8. The van der Waals surface area contributed by atoms with Gasteiger partial charge in [-0.25, -0.2) is 4.79 Å². The van der Waals surface area contributed by atoms with Crippen LogP contribution in [0.4, 0.5) is 0 Å². The van der Waals surface area contributed by atoms with Crippen LogP contribution < -0.4 is 4.74 Å². The number of hydrogen-bond acceptors (Lipinski definition) is 3. The fourth-order valence-corrected chi connectivity index (χ4v) is 4.48. The molecular formula is C27H27ClO3S. The lowest BCUT2D eigenvalue weighted by molar-refractivity contribution is -0.139. The molecule has 32 heavy (non-hydrogen) atoms. The van der Waals surface area contributed by atoms with Gasteiger partial charge in [0.2, 0.25) is 0 Å². The first-order valence-corrected chi connectivity index (χ1v) is 12.0. The zero-order valence-electron chi connectivity index (χ0n) is 18.3. The van der Waals surface area contributed by atoms with Crippen molar-refractivity contribution < 1.29 is 14.6 Å². The van der Waals surface area contributed by atoms with Crippen LogP contribution in [-0.2, 0) is 17.6 Å². The first-order valence-electron chi connectivity index (χ1n) is 10.7. The highest BCUT2D eigenvalue weighted by Gasteiger charge is 2.09. The predicted octanol–water partition coefficient (Wildman–Crippen LogP) is 7.15. The van der Waals surface area contributed by atoms with Crippen molar-refractivity contribution in [3.63, 3.8) is 0 Å². The Morgan fingerprint density at radius 1 is 0.969 bits per heavy atom. The third-order valence-corrected chi connectivity index (χ3v) is 6.30. The largest absolute Gasteiger partial charge is 0.480 e. The minimum Gasteiger partial charge on any atom is -0.480 e. The Kier molecular flexibility index (Phi) is 8.83. The van der Waals surface area contributed by atoms with Crippen LogP contribution in [0.15, 0.2) is 77.7 Å². The fraction of sp³-hybridized carbons (Fsp3) is 0.222. The van der Waals surface area contributed by atoms with Crippen molar-refractivity contribution in [3.05, 3.63) is 100 Å². The Balaban J connectivity index is 1.83. The Morgan fingerprint density at radius 3 is 2.12 bits per heavy atom. The molecule has 0 heterocycles. The molecule has 0 unspecified atom stereocenters. The molecule has 5 heteroatoms. The quantitative estimate of drug-likeness (QED) is 0.322. The van der Waals surface area contributed by atoms with Gasteiger partial charge < -0.3 is 9.84 Å². The second kappa shape index (κ2) is 11.8. The molecule has 1 N–H and O–H groups in total. The summed E-state index contributed by atoms with van der Waals surface area (Å²) in [5.41, 5.74) is 6.28. The van der Waals surface area contributed by atoms with Crippen molar-refractivity contribution in [2.75, 3.05) is 12.4 Å². The van der Waals surface area contributed by atoms with Crippen molar-refractivity contribution in [3.8, 4) is 5.75 Å². The monoisotopic (exact) mass is 466 g/mol. The molecule has 166 valence electrons. The average Bonchev–Trinajstić information content (AvgIpc) is 2.81. The standard InChI is InChI=1S/C27H27ClO3S/c1-3-19-7-5-9-21(15-19)24(22-10-6-8-20(4-2)16-22)13-14-32-23-11-12-26(25(28)17-23)31-18-27(29)30/h5-13,15-17H,3-4,14,18H2,1-2H3,(H,29,30). The number of rotatable bonds is 10. The third-order valence-electron chi connectivity index (χ3n) is 5.08. The molecule has 0 aliphatic carbocycles. The lowest BCUT2D eigenvalue weighted by Gasteiger charge is -2.12. The first-order chi connectivity index (χ1) is 15.5. The summed E-state index contributed by atoms with van der Waals surface area (Å²) in [6.45, 7) is 3.93. The van der Waals surface area contributed by atoms with Crippen LogP contribution in [0.3, 0.4) is 0 Å². The van der Waals surface area contributed by atoms with Crippen LogP contribution in [0.5, 0.6) is 5.75 Å². The van der Waals surface area contributed by atoms with Crippen molar-refractivity contribution in [1.82, 2.24) is 0 Å². The smallest absolute Gasteiger partial charge is 0.341 e. The number of benzene rings is 3. The molecule has 0 spiro atoms. The predicted molar refractivity (Wildman–Crippen MR) is 134 cm³/mol. The summed E-state index contributed by atoms with van der Waals surface area (Å²) in [4.78, 5) is 11.7. The first kappa shape index (κ1) is 24.0. The summed E-state index contributed by atoms with van der Waals surface area (Å²) < 4.78 is 5.20. The molecular weight excluding hydrogens is 440 g/mol. The highest BCUT2D eigenvalue weighted by atomic mass is 35.5. The third kappa shape index (κ3) is 6.65. The van der Waals surface area contributed by atoms with Gasteiger partial charge in [-0.2, -0.15) is 0 Å². The zero-order chi connectivity index (χ0) is 22.9. The van der Waals surface area contributed by atoms with E-state index >= 15 is 0 Å². The van der Waals surface area contributed by atoms with Crippen LogP contribution >= 0.6 is 23.4 Å². The Bertz CT molecular complexity index is 1060. The topological polar surface area (TPSA) is 46.5 Å². The molecule has 0 aliphatic heterocycles. The molecule has 3 aromatic rings. The summed E-state index contributed by atoms with van der Waals surface area (Å²) in [5.74, 6) is 0.118. The number of hydrogen-bond donors (Lipinski definition) is 1. The van der Waals surface area contributed by atoms with Gasteiger partial charge in [0, 0.05) is 10.6 Å². The summed E-state index contributed by atoms with van der Waals surface area (Å²) in [6.07, 6.45) is 4.26. The number of carboxylic acids is 1. The Hall–Kier alpha value is -2.69. The van der Waals surface area contributed by atoms with Gasteiger partial charge in [-0.3, -0.25) is 0 Å². The van der Waals surface area contributed by atoms with Crippen LogP contribution in [0, 0.1) is 0 Å². The van der Waals surface area contributed by atoms with E-state index in [0.717, 1.165) is 23.5 Å². The van der Waals surface area contributed by atoms with Gasteiger partial charge in [0.05, 0.1) is 5.02 Å². The van der Waals surface area contributed by atoms with Crippen molar-refractivity contribution >= 4 is 34.9 Å². The zero-order valence-corrected chi connectivity index (χ0v) is 19.9. The van der Waals surface area contributed by atoms with Gasteiger partial charge >= 0.3 is 5.97 Å². The van der Waals surface area contributed by atoms with Gasteiger partial charge in [0.25, 0.3) is 0 Å². The van der Waals surface area contributed by atoms with E-state index in [-0.39, 0.29) is 0 Å². The van der Waals surface area contributed by atoms with Gasteiger partial charge in [-0.15, -0.1) is 11.8 Å². The molecule has 0 radical (unpaired) electrons. The maximum atomic E-state index is 10.7. The maximum Gasteiger partial charge on any atom is 0.341 e. The Morgan fingerprint density at radius 2 is 1.59 bits per heavy atom. The van der Waals surface area contributed by atoms with E-state index in [1.54, 1.807) is 17.8 Å². The molecule has 0 saturated carbocycles. The number of thioether (sulfide) groups is 1. The van der Waals surface area contributed by atoms with Gasteiger partial charge in [-0.1, -0.05) is 80.1 Å². The van der Waals surface area contributed by atoms with E-state index < -0.39 is 12.6 Å². The van der Waals surface area contributed by atoms with Crippen LogP contribution in [-0.4, -0.2) is 23.4 Å². The van der Waals surface area contributed by atoms with Gasteiger partial charge in [-0.05, 0) is 58.9 Å². The molecule has 0 fully saturated rings. The highest BCUT2D eigenvalue weighted by Crippen LogP contribution is 2.32. The number of carboxylic acid groups (broad SMARTS) is 1. The molecule has 0 saturated heterocycles. The van der Waals surface area contributed by atoms with Crippen LogP contribution in [0.1, 0.15) is 36.1 Å². The molecule has 0 atom stereocenters. The Labute approximate surface area is 199 Å². The number of carbonyl (C=O) groups is 1. The maximum absolute atomic E-state index is 10.7. The van der Waals surface area contributed by atoms with Crippen molar-refractivity contribution in [1.29, 1.82) is 0 Å². The molecule has 0 aliphatic rings. The lowest BCUT2D eigenvalue weighted by atomic mass is 9.94. The van der Waals surface area contributed by atoms with Crippen molar-refractivity contribution in [2.24, 2.45) is 0 Å². The van der Waals surface area contributed by atoms with Gasteiger partial charge in [0.15, 0.2) is 6.61 Å². The van der Waals surface area contributed by atoms with E-state index in [9.17, 15) is 4.79 Å². The van der Waals surface area contributed by atoms with Crippen molar-refractivity contribution in [2.45, 2.75) is 31.6 Å². The summed E-state index contributed by atoms with van der Waals surface area (Å²) in [5, 5.41) is 9.17. The van der Waals surface area contributed by atoms with Gasteiger partial charge in [0.1, 0.15) is 5.75 Å². The summed E-state index contributed by atoms with van der Waals surface area (Å²) in [7, 11) is 0. The number of ether oxygens (including phenoxy) is 1. The van der Waals surface area contributed by atoms with E-state index in [1.807, 2.05) is 12.1 Å². The van der Waals surface area contributed by atoms with E-state index in [0.29, 0.717) is 10.8 Å². The fourth-order valence-electron chi connectivity index (χ4n) is 3.37. The number of halogens is 1. The normalized spacial score (nSPS) is 10.6. The minimum atomic E-state index is -1.03. The SMILES string of the molecule is CCc1cccc(C(=CCSc2ccc(OCC(=O)O)c(Cl)c2)c2cccc(CC)c2)c1. The van der Waals surface area contributed by atoms with Crippen LogP contribution in [0.25, 0.3) is 5.57 Å². The average molecular weight is 467 g/mol.